The molecule has 290 valence electrons. The number of anilines is 3. The van der Waals surface area contributed by atoms with Gasteiger partial charge < -0.3 is 18.3 Å². The molecule has 0 amide bonds. The molecule has 62 heavy (non-hydrogen) atoms. The van der Waals surface area contributed by atoms with Crippen molar-refractivity contribution in [3.8, 4) is 27.9 Å². The van der Waals surface area contributed by atoms with Gasteiger partial charge in [-0.1, -0.05) is 121 Å². The Hall–Kier alpha value is -8.34. The second-order valence-corrected chi connectivity index (χ2v) is 16.1. The van der Waals surface area contributed by atoms with Gasteiger partial charge in [0, 0.05) is 60.6 Å². The molecule has 13 aromatic rings. The van der Waals surface area contributed by atoms with Crippen molar-refractivity contribution in [1.82, 2.24) is 4.57 Å². The molecule has 3 heterocycles. The largest absolute Gasteiger partial charge is 0.456 e. The van der Waals surface area contributed by atoms with Crippen molar-refractivity contribution in [3.05, 3.63) is 218 Å². The van der Waals surface area contributed by atoms with Crippen LogP contribution >= 0.6 is 0 Å². The lowest BCUT2D eigenvalue weighted by Crippen LogP contribution is -2.10. The van der Waals surface area contributed by atoms with Gasteiger partial charge in [-0.05, 0) is 125 Å². The number of hydrogen-bond acceptors (Lipinski definition) is 3. The lowest BCUT2D eigenvalue weighted by atomic mass is 9.95. The lowest BCUT2D eigenvalue weighted by molar-refractivity contribution is 0.669. The standard InChI is InChI=1S/C58H36N2O2/c1-3-14-42(15-4-1)59(44-28-26-38-36-57-52(35-40(38)31-44)49-20-9-11-24-55(49)61-57)45-32-39(30-41(33-45)46-21-13-22-50-48-19-8-12-25-56(48)62-58(46)50)37-27-29-54-51(34-37)47-18-7-10-23-53(47)60(54)43-16-5-2-6-17-43/h1-36H. The van der Waals surface area contributed by atoms with E-state index in [1.807, 2.05) is 18.2 Å². The molecule has 0 saturated heterocycles. The van der Waals surface area contributed by atoms with E-state index in [1.165, 1.54) is 21.8 Å². The number of para-hydroxylation sites is 6. The summed E-state index contributed by atoms with van der Waals surface area (Å²) in [5.41, 5.74) is 14.6. The predicted molar refractivity (Wildman–Crippen MR) is 258 cm³/mol. The van der Waals surface area contributed by atoms with Crippen LogP contribution < -0.4 is 4.90 Å². The van der Waals surface area contributed by atoms with Gasteiger partial charge in [0.25, 0.3) is 0 Å². The third-order valence-corrected chi connectivity index (χ3v) is 12.5. The van der Waals surface area contributed by atoms with Crippen LogP contribution in [0.15, 0.2) is 227 Å². The van der Waals surface area contributed by atoms with Crippen molar-refractivity contribution < 1.29 is 8.83 Å². The van der Waals surface area contributed by atoms with Crippen molar-refractivity contribution in [3.63, 3.8) is 0 Å². The summed E-state index contributed by atoms with van der Waals surface area (Å²) in [6.07, 6.45) is 0. The Morgan fingerprint density at radius 2 is 1.00 bits per heavy atom. The molecule has 0 bridgehead atoms. The quantitative estimate of drug-likeness (QED) is 0.168. The molecule has 0 radical (unpaired) electrons. The average molecular weight is 793 g/mol. The summed E-state index contributed by atoms with van der Waals surface area (Å²) in [6.45, 7) is 0. The minimum atomic E-state index is 0.881. The van der Waals surface area contributed by atoms with Crippen LogP contribution in [0.1, 0.15) is 0 Å². The van der Waals surface area contributed by atoms with Gasteiger partial charge >= 0.3 is 0 Å². The van der Waals surface area contributed by atoms with Crippen LogP contribution in [0.25, 0.3) is 104 Å². The van der Waals surface area contributed by atoms with Crippen molar-refractivity contribution in [2.75, 3.05) is 4.90 Å². The third kappa shape index (κ3) is 5.40. The number of nitrogens with zero attached hydrogens (tertiary/aromatic N) is 2. The highest BCUT2D eigenvalue weighted by molar-refractivity contribution is 6.13. The van der Waals surface area contributed by atoms with Crippen molar-refractivity contribution in [1.29, 1.82) is 0 Å². The second-order valence-electron chi connectivity index (χ2n) is 16.1. The molecule has 4 heteroatoms. The molecule has 0 aliphatic carbocycles. The highest BCUT2D eigenvalue weighted by Gasteiger charge is 2.20. The molecular weight excluding hydrogens is 757 g/mol. The Kier molecular flexibility index (Phi) is 7.57. The summed E-state index contributed by atoms with van der Waals surface area (Å²) in [5.74, 6) is 0. The van der Waals surface area contributed by atoms with E-state index in [0.29, 0.717) is 0 Å². The molecule has 0 aliphatic heterocycles. The summed E-state index contributed by atoms with van der Waals surface area (Å²) < 4.78 is 15.3. The highest BCUT2D eigenvalue weighted by Crippen LogP contribution is 2.44. The molecule has 0 N–H and O–H groups in total. The first-order chi connectivity index (χ1) is 30.7. The van der Waals surface area contributed by atoms with Gasteiger partial charge in [-0.2, -0.15) is 0 Å². The zero-order valence-electron chi connectivity index (χ0n) is 33.5. The number of furan rings is 2. The van der Waals surface area contributed by atoms with Crippen LogP contribution in [0.4, 0.5) is 17.1 Å². The van der Waals surface area contributed by atoms with Crippen molar-refractivity contribution >= 4 is 93.5 Å². The first-order valence-corrected chi connectivity index (χ1v) is 21.1. The maximum absolute atomic E-state index is 6.69. The van der Waals surface area contributed by atoms with Gasteiger partial charge in [0.15, 0.2) is 0 Å². The first-order valence-electron chi connectivity index (χ1n) is 21.1. The van der Waals surface area contributed by atoms with E-state index in [9.17, 15) is 0 Å². The zero-order valence-corrected chi connectivity index (χ0v) is 33.5. The van der Waals surface area contributed by atoms with E-state index < -0.39 is 0 Å². The van der Waals surface area contributed by atoms with Gasteiger partial charge in [0.05, 0.1) is 11.0 Å². The van der Waals surface area contributed by atoms with Gasteiger partial charge in [-0.15, -0.1) is 0 Å². The van der Waals surface area contributed by atoms with E-state index in [4.69, 9.17) is 8.83 Å². The fraction of sp³-hybridized carbons (Fsp3) is 0. The number of rotatable bonds is 6. The summed E-state index contributed by atoms with van der Waals surface area (Å²) in [5, 5.41) is 9.15. The number of aromatic nitrogens is 1. The fourth-order valence-electron chi connectivity index (χ4n) is 9.66. The average Bonchev–Trinajstić information content (AvgIpc) is 4.00. The van der Waals surface area contributed by atoms with E-state index >= 15 is 0 Å². The Balaban J connectivity index is 1.06. The van der Waals surface area contributed by atoms with Crippen LogP contribution in [-0.2, 0) is 0 Å². The SMILES string of the molecule is c1ccc(N(c2cc(-c3ccc4c(c3)c3ccccc3n4-c3ccccc3)cc(-c3cccc4c3oc3ccccc34)c2)c2ccc3cc4oc5ccccc5c4cc3c2)cc1. The molecule has 0 atom stereocenters. The topological polar surface area (TPSA) is 34.5 Å². The first kappa shape index (κ1) is 34.5. The minimum absolute atomic E-state index is 0.881. The second kappa shape index (κ2) is 13.6. The molecule has 10 aromatic carbocycles. The molecule has 0 aliphatic rings. The molecule has 4 nitrogen and oxygen atoms in total. The fourth-order valence-corrected chi connectivity index (χ4v) is 9.66. The smallest absolute Gasteiger partial charge is 0.143 e. The van der Waals surface area contributed by atoms with Gasteiger partial charge in [-0.3, -0.25) is 0 Å². The van der Waals surface area contributed by atoms with Crippen LogP contribution in [0.3, 0.4) is 0 Å². The van der Waals surface area contributed by atoms with Gasteiger partial charge in [-0.25, -0.2) is 0 Å². The molecule has 0 spiro atoms. The molecule has 0 fully saturated rings. The van der Waals surface area contributed by atoms with E-state index in [2.05, 4.69) is 210 Å². The van der Waals surface area contributed by atoms with E-state index in [1.54, 1.807) is 0 Å². The summed E-state index contributed by atoms with van der Waals surface area (Å²) >= 11 is 0. The van der Waals surface area contributed by atoms with Crippen molar-refractivity contribution in [2.24, 2.45) is 0 Å². The predicted octanol–water partition coefficient (Wildman–Crippen LogP) is 16.5. The Morgan fingerprint density at radius 1 is 0.323 bits per heavy atom. The monoisotopic (exact) mass is 792 g/mol. The summed E-state index contributed by atoms with van der Waals surface area (Å²) in [6, 6.07) is 78.2. The third-order valence-electron chi connectivity index (χ3n) is 12.5. The summed E-state index contributed by atoms with van der Waals surface area (Å²) in [7, 11) is 0. The zero-order chi connectivity index (χ0) is 40.7. The van der Waals surface area contributed by atoms with Gasteiger partial charge in [0.1, 0.15) is 22.3 Å². The van der Waals surface area contributed by atoms with E-state index in [-0.39, 0.29) is 0 Å². The van der Waals surface area contributed by atoms with Crippen LogP contribution in [0.5, 0.6) is 0 Å². The minimum Gasteiger partial charge on any atom is -0.456 e. The van der Waals surface area contributed by atoms with Crippen LogP contribution in [0.2, 0.25) is 0 Å². The van der Waals surface area contributed by atoms with E-state index in [0.717, 1.165) is 99.7 Å². The van der Waals surface area contributed by atoms with Crippen LogP contribution in [-0.4, -0.2) is 4.57 Å². The Morgan fingerprint density at radius 3 is 1.84 bits per heavy atom. The lowest BCUT2D eigenvalue weighted by Gasteiger charge is -2.27. The van der Waals surface area contributed by atoms with Crippen LogP contribution in [0, 0.1) is 0 Å². The molecule has 3 aromatic heterocycles. The molecule has 0 unspecified atom stereocenters. The Bertz CT molecular complexity index is 3870. The normalized spacial score (nSPS) is 11.9. The number of hydrogen-bond donors (Lipinski definition) is 0. The molecular formula is C58H36N2O2. The molecule has 13 rings (SSSR count). The maximum atomic E-state index is 6.69. The Labute approximate surface area is 356 Å². The number of benzene rings is 10. The highest BCUT2D eigenvalue weighted by atomic mass is 16.3. The number of fused-ring (bicyclic) bond motifs is 10. The molecule has 0 saturated carbocycles. The summed E-state index contributed by atoms with van der Waals surface area (Å²) in [4.78, 5) is 2.38. The van der Waals surface area contributed by atoms with Gasteiger partial charge in [0.2, 0.25) is 0 Å². The maximum Gasteiger partial charge on any atom is 0.143 e. The van der Waals surface area contributed by atoms with Crippen molar-refractivity contribution in [2.45, 2.75) is 0 Å².